The van der Waals surface area contributed by atoms with Crippen molar-refractivity contribution in [2.24, 2.45) is 5.11 Å². The summed E-state index contributed by atoms with van der Waals surface area (Å²) in [6.07, 6.45) is 0.617. The fourth-order valence-corrected chi connectivity index (χ4v) is 1.76. The van der Waals surface area contributed by atoms with Crippen LogP contribution in [0.15, 0.2) is 35.4 Å². The molecule has 1 aromatic carbocycles. The van der Waals surface area contributed by atoms with Gasteiger partial charge in [0.25, 0.3) is 0 Å². The Hall–Kier alpha value is -2.33. The van der Waals surface area contributed by atoms with E-state index in [9.17, 15) is 9.59 Å². The molecule has 0 unspecified atom stereocenters. The Morgan fingerprint density at radius 2 is 2.05 bits per heavy atom. The van der Waals surface area contributed by atoms with Crippen LogP contribution >= 0.6 is 0 Å². The zero-order chi connectivity index (χ0) is 14.1. The van der Waals surface area contributed by atoms with E-state index in [2.05, 4.69) is 10.0 Å². The first-order chi connectivity index (χ1) is 9.13. The van der Waals surface area contributed by atoms with Crippen molar-refractivity contribution >= 4 is 11.9 Å². The second kappa shape index (κ2) is 7.89. The molecule has 19 heavy (non-hydrogen) atoms. The minimum Gasteiger partial charge on any atom is -0.466 e. The lowest BCUT2D eigenvalue weighted by atomic mass is 9.92. The lowest BCUT2D eigenvalue weighted by molar-refractivity contribution is -0.141. The molecule has 0 aromatic heterocycles. The molecule has 1 aromatic rings. The second-order valence-electron chi connectivity index (χ2n) is 4.02. The first kappa shape index (κ1) is 14.7. The zero-order valence-corrected chi connectivity index (χ0v) is 10.7. The highest BCUT2D eigenvalue weighted by Gasteiger charge is 2.15. The minimum atomic E-state index is -0.515. The van der Waals surface area contributed by atoms with Gasteiger partial charge in [0.05, 0.1) is 6.61 Å². The quantitative estimate of drug-likeness (QED) is 0.341. The summed E-state index contributed by atoms with van der Waals surface area (Å²) in [5.74, 6) is -0.995. The van der Waals surface area contributed by atoms with E-state index in [0.717, 1.165) is 5.56 Å². The molecule has 0 saturated heterocycles. The molecule has 0 bridgehead atoms. The first-order valence-corrected chi connectivity index (χ1v) is 5.89. The van der Waals surface area contributed by atoms with Crippen molar-refractivity contribution in [2.75, 3.05) is 6.61 Å². The van der Waals surface area contributed by atoms with Crippen molar-refractivity contribution in [3.05, 3.63) is 46.3 Å². The normalized spacial score (nSPS) is 11.2. The molecule has 0 fully saturated rings. The lowest BCUT2D eigenvalue weighted by Crippen LogP contribution is -2.10. The molecule has 100 valence electrons. The van der Waals surface area contributed by atoms with Gasteiger partial charge in [-0.2, -0.15) is 0 Å². The van der Waals surface area contributed by atoms with E-state index in [4.69, 9.17) is 10.3 Å². The van der Waals surface area contributed by atoms with E-state index in [1.54, 1.807) is 0 Å². The van der Waals surface area contributed by atoms with Crippen LogP contribution in [-0.2, 0) is 14.3 Å². The summed E-state index contributed by atoms with van der Waals surface area (Å²) >= 11 is 0. The van der Waals surface area contributed by atoms with Crippen LogP contribution in [0.2, 0.25) is 0 Å². The molecule has 1 amide bonds. The van der Waals surface area contributed by atoms with Gasteiger partial charge in [0, 0.05) is 18.3 Å². The van der Waals surface area contributed by atoms with Gasteiger partial charge in [-0.25, -0.2) is 0 Å². The van der Waals surface area contributed by atoms with Gasteiger partial charge in [-0.1, -0.05) is 30.3 Å². The fourth-order valence-electron chi connectivity index (χ4n) is 1.76. The van der Waals surface area contributed by atoms with Crippen LogP contribution in [0.5, 0.6) is 0 Å². The van der Waals surface area contributed by atoms with Gasteiger partial charge in [-0.3, -0.25) is 9.59 Å². The average molecular weight is 261 g/mol. The van der Waals surface area contributed by atoms with Gasteiger partial charge in [0.2, 0.25) is 5.91 Å². The van der Waals surface area contributed by atoms with E-state index >= 15 is 0 Å². The number of nitrogens with zero attached hydrogens (tertiary/aromatic N) is 3. The molecule has 0 heterocycles. The topological polar surface area (TPSA) is 92.1 Å². The number of rotatable bonds is 6. The third kappa shape index (κ3) is 5.70. The monoisotopic (exact) mass is 261 g/mol. The highest BCUT2D eigenvalue weighted by molar-refractivity contribution is 5.77. The molecule has 1 atom stereocenters. The van der Waals surface area contributed by atoms with Crippen LogP contribution in [0.4, 0.5) is 0 Å². The van der Waals surface area contributed by atoms with Crippen molar-refractivity contribution in [2.45, 2.75) is 25.7 Å². The maximum absolute atomic E-state index is 11.4. The molecule has 0 N–H and O–H groups in total. The van der Waals surface area contributed by atoms with E-state index in [1.165, 1.54) is 6.92 Å². The van der Waals surface area contributed by atoms with E-state index < -0.39 is 5.91 Å². The van der Waals surface area contributed by atoms with Gasteiger partial charge in [-0.05, 0) is 28.5 Å². The summed E-state index contributed by atoms with van der Waals surface area (Å²) in [4.78, 5) is 24.6. The second-order valence-corrected chi connectivity index (χ2v) is 4.02. The minimum absolute atomic E-state index is 0.106. The van der Waals surface area contributed by atoms with Gasteiger partial charge < -0.3 is 4.74 Å². The number of carbonyl (C=O) groups excluding carboxylic acids is 2. The third-order valence-corrected chi connectivity index (χ3v) is 2.62. The van der Waals surface area contributed by atoms with Crippen molar-refractivity contribution in [3.63, 3.8) is 0 Å². The first-order valence-electron chi connectivity index (χ1n) is 5.89. The Morgan fingerprint density at radius 3 is 2.63 bits per heavy atom. The van der Waals surface area contributed by atoms with Crippen LogP contribution in [0.25, 0.3) is 10.4 Å². The number of benzene rings is 1. The van der Waals surface area contributed by atoms with Gasteiger partial charge in [-0.15, -0.1) is 0 Å². The molecule has 1 rings (SSSR count). The third-order valence-electron chi connectivity index (χ3n) is 2.62. The van der Waals surface area contributed by atoms with E-state index in [0.29, 0.717) is 6.42 Å². The molecule has 6 heteroatoms. The van der Waals surface area contributed by atoms with E-state index in [-0.39, 0.29) is 24.9 Å². The number of carbonyl (C=O) groups is 2. The van der Waals surface area contributed by atoms with Gasteiger partial charge in [0.1, 0.15) is 0 Å². The Kier molecular flexibility index (Phi) is 6.12. The molecule has 0 saturated carbocycles. The molecular weight excluding hydrogens is 246 g/mol. The average Bonchev–Trinajstić information content (AvgIpc) is 2.38. The summed E-state index contributed by atoms with van der Waals surface area (Å²) in [5.41, 5.74) is 9.19. The molecule has 0 aliphatic carbocycles. The molecule has 0 aliphatic heterocycles. The van der Waals surface area contributed by atoms with Crippen molar-refractivity contribution in [1.29, 1.82) is 0 Å². The highest BCUT2D eigenvalue weighted by Crippen LogP contribution is 2.24. The summed E-state index contributed by atoms with van der Waals surface area (Å²) in [5, 5.41) is 3.07. The van der Waals surface area contributed by atoms with Crippen molar-refractivity contribution in [3.8, 4) is 0 Å². The largest absolute Gasteiger partial charge is 0.466 e. The number of ether oxygens (including phenoxy) is 1. The van der Waals surface area contributed by atoms with Crippen LogP contribution in [0.3, 0.4) is 0 Å². The van der Waals surface area contributed by atoms with Crippen LogP contribution < -0.4 is 0 Å². The number of amides is 1. The molecule has 6 nitrogen and oxygen atoms in total. The van der Waals surface area contributed by atoms with E-state index in [1.807, 2.05) is 30.3 Å². The zero-order valence-electron chi connectivity index (χ0n) is 10.7. The summed E-state index contributed by atoms with van der Waals surface area (Å²) in [6, 6.07) is 9.39. The maximum Gasteiger partial charge on any atom is 0.302 e. The maximum atomic E-state index is 11.4. The van der Waals surface area contributed by atoms with Crippen LogP contribution in [0.1, 0.15) is 31.2 Å². The van der Waals surface area contributed by atoms with Crippen LogP contribution in [-0.4, -0.2) is 18.5 Å². The smallest absolute Gasteiger partial charge is 0.302 e. The molecular formula is C13H15N3O3. The summed E-state index contributed by atoms with van der Waals surface area (Å²) in [6.45, 7) is 1.57. The number of esters is 1. The predicted molar refractivity (Wildman–Crippen MR) is 69.2 cm³/mol. The van der Waals surface area contributed by atoms with Gasteiger partial charge in [0.15, 0.2) is 0 Å². The standard InChI is InChI=1S/C13H15N3O3/c1-10(17)19-8-7-12(9-13(18)15-16-14)11-5-3-2-4-6-11/h2-6,12H,7-9H2,1H3/t12-/m1/s1. The van der Waals surface area contributed by atoms with Gasteiger partial charge >= 0.3 is 5.97 Å². The number of azide groups is 1. The fraction of sp³-hybridized carbons (Fsp3) is 0.385. The molecule has 0 radical (unpaired) electrons. The van der Waals surface area contributed by atoms with Crippen molar-refractivity contribution in [1.82, 2.24) is 0 Å². The Balaban J connectivity index is 2.70. The number of hydrogen-bond donors (Lipinski definition) is 0. The van der Waals surface area contributed by atoms with Crippen molar-refractivity contribution < 1.29 is 14.3 Å². The lowest BCUT2D eigenvalue weighted by Gasteiger charge is -2.15. The summed E-state index contributed by atoms with van der Waals surface area (Å²) < 4.78 is 4.88. The Labute approximate surface area is 111 Å². The Bertz CT molecular complexity index is 481. The van der Waals surface area contributed by atoms with Crippen LogP contribution in [0, 0.1) is 0 Å². The number of hydrogen-bond acceptors (Lipinski definition) is 3. The SMILES string of the molecule is CC(=O)OCC[C@H](CC(=O)N=[N+]=[N-])c1ccccc1. The highest BCUT2D eigenvalue weighted by atomic mass is 16.5. The predicted octanol–water partition coefficient (Wildman–Crippen LogP) is 2.95. The Morgan fingerprint density at radius 1 is 1.37 bits per heavy atom. The summed E-state index contributed by atoms with van der Waals surface area (Å²) in [7, 11) is 0. The molecule has 0 spiro atoms. The molecule has 0 aliphatic rings.